The Morgan fingerprint density at radius 3 is 2.44 bits per heavy atom. The molecule has 0 saturated carbocycles. The maximum absolute atomic E-state index is 11.5. The van der Waals surface area contributed by atoms with E-state index < -0.39 is 0 Å². The van der Waals surface area contributed by atoms with Crippen molar-refractivity contribution in [2.24, 2.45) is 5.73 Å². The molecule has 4 nitrogen and oxygen atoms in total. The minimum absolute atomic E-state index is 0.00187. The number of nitrogens with two attached hydrogens (primary N) is 1. The van der Waals surface area contributed by atoms with E-state index >= 15 is 0 Å². The third kappa shape index (κ3) is 4.94. The van der Waals surface area contributed by atoms with Crippen molar-refractivity contribution in [2.75, 3.05) is 20.1 Å². The van der Waals surface area contributed by atoms with Crippen LogP contribution in [0.25, 0.3) is 0 Å². The summed E-state index contributed by atoms with van der Waals surface area (Å²) in [6.45, 7) is 9.56. The second kappa shape index (κ2) is 6.86. The summed E-state index contributed by atoms with van der Waals surface area (Å²) in [7, 11) is 2.03. The molecule has 0 aromatic rings. The predicted molar refractivity (Wildman–Crippen MR) is 68.3 cm³/mol. The van der Waals surface area contributed by atoms with Gasteiger partial charge < -0.3 is 11.1 Å². The largest absolute Gasteiger partial charge is 0.354 e. The Morgan fingerprint density at radius 2 is 2.06 bits per heavy atom. The van der Waals surface area contributed by atoms with Crippen molar-refractivity contribution < 1.29 is 4.79 Å². The number of amides is 1. The molecule has 4 heteroatoms. The zero-order valence-corrected chi connectivity index (χ0v) is 11.3. The normalized spacial score (nSPS) is 15.2. The van der Waals surface area contributed by atoms with E-state index in [0.717, 1.165) is 13.0 Å². The molecule has 0 aliphatic rings. The molecule has 16 heavy (non-hydrogen) atoms. The lowest BCUT2D eigenvalue weighted by molar-refractivity contribution is -0.122. The highest BCUT2D eigenvalue weighted by Crippen LogP contribution is 2.15. The van der Waals surface area contributed by atoms with Crippen molar-refractivity contribution in [2.45, 2.75) is 52.1 Å². The minimum Gasteiger partial charge on any atom is -0.354 e. The van der Waals surface area contributed by atoms with Gasteiger partial charge in [0.25, 0.3) is 0 Å². The van der Waals surface area contributed by atoms with Crippen LogP contribution in [-0.4, -0.2) is 42.5 Å². The Hall–Kier alpha value is -0.610. The van der Waals surface area contributed by atoms with Gasteiger partial charge >= 0.3 is 0 Å². The molecular weight excluding hydrogens is 202 g/mol. The van der Waals surface area contributed by atoms with Gasteiger partial charge in [-0.3, -0.25) is 9.69 Å². The fourth-order valence-electron chi connectivity index (χ4n) is 1.50. The number of nitrogens with zero attached hydrogens (tertiary/aromatic N) is 1. The van der Waals surface area contributed by atoms with Crippen LogP contribution in [-0.2, 0) is 4.79 Å². The Balaban J connectivity index is 4.06. The van der Waals surface area contributed by atoms with Gasteiger partial charge in [0.05, 0.1) is 0 Å². The van der Waals surface area contributed by atoms with E-state index in [4.69, 9.17) is 5.73 Å². The molecule has 96 valence electrons. The van der Waals surface area contributed by atoms with E-state index in [0.29, 0.717) is 13.0 Å². The first-order chi connectivity index (χ1) is 7.35. The van der Waals surface area contributed by atoms with E-state index in [9.17, 15) is 4.79 Å². The number of carbonyl (C=O) groups excluding carboxylic acids is 1. The average molecular weight is 229 g/mol. The van der Waals surface area contributed by atoms with Gasteiger partial charge in [0.1, 0.15) is 0 Å². The van der Waals surface area contributed by atoms with Crippen molar-refractivity contribution >= 4 is 5.91 Å². The maximum atomic E-state index is 11.5. The number of hydrogen-bond donors (Lipinski definition) is 2. The maximum Gasteiger partial charge on any atom is 0.221 e. The summed E-state index contributed by atoms with van der Waals surface area (Å²) in [5.41, 5.74) is 5.76. The molecule has 0 aliphatic heterocycles. The second-order valence-electron chi connectivity index (χ2n) is 4.95. The fraction of sp³-hybridized carbons (Fsp3) is 0.917. The Bertz CT molecular complexity index is 212. The molecule has 0 saturated heterocycles. The summed E-state index contributed by atoms with van der Waals surface area (Å²) in [6, 6.07) is 0.213. The molecule has 1 unspecified atom stereocenters. The SMILES string of the molecule is CCC(C)(CN)N(C)CCC(=O)NC(C)C. The van der Waals surface area contributed by atoms with Crippen LogP contribution in [0.1, 0.15) is 40.5 Å². The van der Waals surface area contributed by atoms with Crippen molar-refractivity contribution in [3.63, 3.8) is 0 Å². The summed E-state index contributed by atoms with van der Waals surface area (Å²) in [5, 5.41) is 2.89. The number of carbonyl (C=O) groups is 1. The zero-order chi connectivity index (χ0) is 12.8. The standard InChI is InChI=1S/C12H27N3O/c1-6-12(4,9-13)15(5)8-7-11(16)14-10(2)3/h10H,6-9,13H2,1-5H3,(H,14,16). The van der Waals surface area contributed by atoms with Crippen molar-refractivity contribution in [1.29, 1.82) is 0 Å². The number of nitrogens with one attached hydrogen (secondary N) is 1. The first-order valence-corrected chi connectivity index (χ1v) is 6.06. The Kier molecular flexibility index (Phi) is 6.60. The summed E-state index contributed by atoms with van der Waals surface area (Å²) < 4.78 is 0. The number of hydrogen-bond acceptors (Lipinski definition) is 3. The molecule has 0 aromatic heterocycles. The van der Waals surface area contributed by atoms with Crippen LogP contribution in [0.3, 0.4) is 0 Å². The molecular formula is C12H27N3O. The highest BCUT2D eigenvalue weighted by Gasteiger charge is 2.25. The van der Waals surface area contributed by atoms with E-state index in [1.54, 1.807) is 0 Å². The fourth-order valence-corrected chi connectivity index (χ4v) is 1.50. The van der Waals surface area contributed by atoms with Crippen LogP contribution < -0.4 is 11.1 Å². The number of rotatable bonds is 7. The van der Waals surface area contributed by atoms with Gasteiger partial charge in [-0.1, -0.05) is 6.92 Å². The van der Waals surface area contributed by atoms with E-state index in [2.05, 4.69) is 24.1 Å². The quantitative estimate of drug-likeness (QED) is 0.683. The first-order valence-electron chi connectivity index (χ1n) is 6.06. The average Bonchev–Trinajstić information content (AvgIpc) is 2.23. The second-order valence-corrected chi connectivity index (χ2v) is 4.95. The lowest BCUT2D eigenvalue weighted by Crippen LogP contribution is -2.50. The lowest BCUT2D eigenvalue weighted by Gasteiger charge is -2.37. The molecule has 0 aromatic carbocycles. The summed E-state index contributed by atoms with van der Waals surface area (Å²) in [6.07, 6.45) is 1.52. The van der Waals surface area contributed by atoms with Gasteiger partial charge in [-0.2, -0.15) is 0 Å². The smallest absolute Gasteiger partial charge is 0.221 e. The van der Waals surface area contributed by atoms with Crippen molar-refractivity contribution in [3.05, 3.63) is 0 Å². The van der Waals surface area contributed by atoms with Gasteiger partial charge in [0.2, 0.25) is 5.91 Å². The van der Waals surface area contributed by atoms with Gasteiger partial charge in [0.15, 0.2) is 0 Å². The molecule has 1 atom stereocenters. The first kappa shape index (κ1) is 15.4. The highest BCUT2D eigenvalue weighted by molar-refractivity contribution is 5.76. The Labute approximate surface area is 99.6 Å². The summed E-state index contributed by atoms with van der Waals surface area (Å²) in [5.74, 6) is 0.109. The van der Waals surface area contributed by atoms with Crippen LogP contribution in [0.5, 0.6) is 0 Å². The summed E-state index contributed by atoms with van der Waals surface area (Å²) >= 11 is 0. The molecule has 1 amide bonds. The van der Waals surface area contributed by atoms with Crippen LogP contribution in [0, 0.1) is 0 Å². The topological polar surface area (TPSA) is 58.4 Å². The van der Waals surface area contributed by atoms with E-state index in [-0.39, 0.29) is 17.5 Å². The minimum atomic E-state index is -0.00187. The van der Waals surface area contributed by atoms with Crippen LogP contribution >= 0.6 is 0 Å². The van der Waals surface area contributed by atoms with E-state index in [1.807, 2.05) is 20.9 Å². The molecule has 0 spiro atoms. The highest BCUT2D eigenvalue weighted by atomic mass is 16.1. The number of likely N-dealkylation sites (N-methyl/N-ethyl adjacent to an activating group) is 1. The van der Waals surface area contributed by atoms with Crippen molar-refractivity contribution in [3.8, 4) is 0 Å². The van der Waals surface area contributed by atoms with Gasteiger partial charge in [0, 0.05) is 31.1 Å². The summed E-state index contributed by atoms with van der Waals surface area (Å²) in [4.78, 5) is 13.7. The van der Waals surface area contributed by atoms with Crippen molar-refractivity contribution in [1.82, 2.24) is 10.2 Å². The Morgan fingerprint density at radius 1 is 1.50 bits per heavy atom. The van der Waals surface area contributed by atoms with Crippen LogP contribution in [0.2, 0.25) is 0 Å². The third-order valence-electron chi connectivity index (χ3n) is 3.25. The molecule has 0 heterocycles. The predicted octanol–water partition coefficient (Wildman–Crippen LogP) is 0.960. The molecule has 0 fully saturated rings. The van der Waals surface area contributed by atoms with Crippen LogP contribution in [0.15, 0.2) is 0 Å². The third-order valence-corrected chi connectivity index (χ3v) is 3.25. The van der Waals surface area contributed by atoms with Gasteiger partial charge in [-0.15, -0.1) is 0 Å². The molecule has 0 aliphatic carbocycles. The molecule has 0 bridgehead atoms. The van der Waals surface area contributed by atoms with Gasteiger partial charge in [-0.25, -0.2) is 0 Å². The van der Waals surface area contributed by atoms with Gasteiger partial charge in [-0.05, 0) is 34.2 Å². The molecule has 0 radical (unpaired) electrons. The molecule has 3 N–H and O–H groups in total. The van der Waals surface area contributed by atoms with Crippen LogP contribution in [0.4, 0.5) is 0 Å². The molecule has 0 rings (SSSR count). The lowest BCUT2D eigenvalue weighted by atomic mass is 9.97. The van der Waals surface area contributed by atoms with E-state index in [1.165, 1.54) is 0 Å². The zero-order valence-electron chi connectivity index (χ0n) is 11.3. The monoisotopic (exact) mass is 229 g/mol.